The van der Waals surface area contributed by atoms with Crippen molar-refractivity contribution < 1.29 is 24.9 Å². The fraction of sp³-hybridized carbons (Fsp3) is 0.375. The van der Waals surface area contributed by atoms with Crippen LogP contribution in [0.1, 0.15) is 13.3 Å². The van der Waals surface area contributed by atoms with Gasteiger partial charge in [-0.2, -0.15) is 5.26 Å². The van der Waals surface area contributed by atoms with Gasteiger partial charge in [0.15, 0.2) is 6.10 Å². The third-order valence-corrected chi connectivity index (χ3v) is 1.06. The molecule has 0 fully saturated rings. The minimum Gasteiger partial charge on any atom is -0.479 e. The van der Waals surface area contributed by atoms with Crippen molar-refractivity contribution in [2.45, 2.75) is 19.4 Å². The summed E-state index contributed by atoms with van der Waals surface area (Å²) in [5, 5.41) is 31.9. The van der Waals surface area contributed by atoms with Crippen LogP contribution in [0.25, 0.3) is 0 Å². The maximum absolute atomic E-state index is 9.68. The first-order valence-electron chi connectivity index (χ1n) is 3.59. The van der Waals surface area contributed by atoms with Crippen molar-refractivity contribution >= 4 is 11.9 Å². The molecule has 1 unspecified atom stereocenters. The van der Waals surface area contributed by atoms with Crippen LogP contribution in [-0.2, 0) is 9.59 Å². The highest BCUT2D eigenvalue weighted by molar-refractivity contribution is 5.90. The molecule has 14 heavy (non-hydrogen) atoms. The van der Waals surface area contributed by atoms with Crippen molar-refractivity contribution in [2.24, 2.45) is 0 Å². The van der Waals surface area contributed by atoms with E-state index in [1.807, 2.05) is 0 Å². The molecule has 0 bridgehead atoms. The zero-order chi connectivity index (χ0) is 11.7. The van der Waals surface area contributed by atoms with Crippen molar-refractivity contribution in [1.82, 2.24) is 0 Å². The molecule has 0 radical (unpaired) electrons. The minimum atomic E-state index is -1.26. The molecular formula is C8H11NO5. The van der Waals surface area contributed by atoms with E-state index in [0.29, 0.717) is 0 Å². The van der Waals surface area contributed by atoms with Gasteiger partial charge in [0.2, 0.25) is 0 Å². The Bertz CT molecular complexity index is 265. The standard InChI is InChI=1S/C4H3NO2.C4H8O3/c1-3(2-5)4(6)7;1-2-3(5)4(6)7/h1H2,(H,6,7);3,5H,2H2,1H3,(H,6,7). The molecule has 3 N–H and O–H groups in total. The van der Waals surface area contributed by atoms with Crippen molar-refractivity contribution in [2.75, 3.05) is 0 Å². The predicted molar refractivity (Wildman–Crippen MR) is 46.3 cm³/mol. The van der Waals surface area contributed by atoms with Gasteiger partial charge < -0.3 is 15.3 Å². The molecule has 0 aromatic carbocycles. The third-order valence-electron chi connectivity index (χ3n) is 1.06. The number of aliphatic hydroxyl groups excluding tert-OH is 1. The van der Waals surface area contributed by atoms with Crippen LogP contribution in [0.15, 0.2) is 12.2 Å². The van der Waals surface area contributed by atoms with E-state index in [0.717, 1.165) is 0 Å². The maximum atomic E-state index is 9.68. The average molecular weight is 201 g/mol. The van der Waals surface area contributed by atoms with Crippen LogP contribution < -0.4 is 0 Å². The van der Waals surface area contributed by atoms with Crippen LogP contribution in [0.5, 0.6) is 0 Å². The topological polar surface area (TPSA) is 119 Å². The Morgan fingerprint density at radius 3 is 1.93 bits per heavy atom. The molecule has 0 aromatic heterocycles. The molecule has 0 saturated heterocycles. The van der Waals surface area contributed by atoms with Gasteiger partial charge >= 0.3 is 11.9 Å². The number of aliphatic carboxylic acids is 2. The van der Waals surface area contributed by atoms with Crippen LogP contribution in [-0.4, -0.2) is 33.4 Å². The van der Waals surface area contributed by atoms with Gasteiger partial charge in [0.05, 0.1) is 0 Å². The molecule has 78 valence electrons. The monoisotopic (exact) mass is 201 g/mol. The predicted octanol–water partition coefficient (Wildman–Crippen LogP) is -0.00732. The van der Waals surface area contributed by atoms with Crippen LogP contribution in [0, 0.1) is 11.3 Å². The summed E-state index contributed by atoms with van der Waals surface area (Å²) in [6.45, 7) is 4.52. The highest BCUT2D eigenvalue weighted by Gasteiger charge is 2.07. The number of aliphatic hydroxyl groups is 1. The van der Waals surface area contributed by atoms with Crippen molar-refractivity contribution in [3.63, 3.8) is 0 Å². The molecule has 0 saturated carbocycles. The van der Waals surface area contributed by atoms with Crippen LogP contribution in [0.3, 0.4) is 0 Å². The Kier molecular flexibility index (Phi) is 8.12. The zero-order valence-electron chi connectivity index (χ0n) is 7.60. The number of rotatable bonds is 3. The first-order valence-corrected chi connectivity index (χ1v) is 3.59. The molecule has 0 aromatic rings. The summed E-state index contributed by atoms with van der Waals surface area (Å²) in [7, 11) is 0. The highest BCUT2D eigenvalue weighted by atomic mass is 16.4. The summed E-state index contributed by atoms with van der Waals surface area (Å²) in [5.41, 5.74) is -0.431. The lowest BCUT2D eigenvalue weighted by Gasteiger charge is -1.95. The molecule has 0 amide bonds. The van der Waals surface area contributed by atoms with Crippen LogP contribution in [0.4, 0.5) is 0 Å². The number of hydrogen-bond donors (Lipinski definition) is 3. The molecule has 6 heteroatoms. The summed E-state index contributed by atoms with van der Waals surface area (Å²) in [5.74, 6) is -2.41. The summed E-state index contributed by atoms with van der Waals surface area (Å²) in [6.07, 6.45) is -0.907. The number of carboxylic acid groups (broad SMARTS) is 2. The lowest BCUT2D eigenvalue weighted by atomic mass is 10.3. The Balaban J connectivity index is 0. The fourth-order valence-corrected chi connectivity index (χ4v) is 0.222. The minimum absolute atomic E-state index is 0.273. The van der Waals surface area contributed by atoms with E-state index in [2.05, 4.69) is 6.58 Å². The molecule has 0 aliphatic rings. The van der Waals surface area contributed by atoms with E-state index in [-0.39, 0.29) is 6.42 Å². The number of nitriles is 1. The second-order valence-corrected chi connectivity index (χ2v) is 2.16. The van der Waals surface area contributed by atoms with E-state index >= 15 is 0 Å². The van der Waals surface area contributed by atoms with Crippen LogP contribution in [0.2, 0.25) is 0 Å². The smallest absolute Gasteiger partial charge is 0.345 e. The van der Waals surface area contributed by atoms with Crippen molar-refractivity contribution in [3.8, 4) is 6.07 Å². The van der Waals surface area contributed by atoms with Gasteiger partial charge in [-0.05, 0) is 6.42 Å². The summed E-state index contributed by atoms with van der Waals surface area (Å²) in [4.78, 5) is 19.3. The molecule has 0 aliphatic heterocycles. The van der Waals surface area contributed by atoms with Gasteiger partial charge in [0.25, 0.3) is 0 Å². The Hall–Kier alpha value is -1.87. The number of nitrogens with zero attached hydrogens (tertiary/aromatic N) is 1. The van der Waals surface area contributed by atoms with Gasteiger partial charge in [-0.15, -0.1) is 0 Å². The lowest BCUT2D eigenvalue weighted by molar-refractivity contribution is -0.146. The quantitative estimate of drug-likeness (QED) is 0.436. The Morgan fingerprint density at radius 1 is 1.50 bits per heavy atom. The maximum Gasteiger partial charge on any atom is 0.345 e. The van der Waals surface area contributed by atoms with Gasteiger partial charge in [-0.3, -0.25) is 0 Å². The SMILES string of the molecule is C=C(C#N)C(=O)O.CCC(O)C(=O)O. The van der Waals surface area contributed by atoms with Gasteiger partial charge in [0, 0.05) is 0 Å². The molecule has 0 heterocycles. The number of carboxylic acids is 2. The van der Waals surface area contributed by atoms with E-state index in [1.54, 1.807) is 6.92 Å². The van der Waals surface area contributed by atoms with Gasteiger partial charge in [-0.1, -0.05) is 13.5 Å². The zero-order valence-corrected chi connectivity index (χ0v) is 7.60. The van der Waals surface area contributed by atoms with Crippen molar-refractivity contribution in [1.29, 1.82) is 5.26 Å². The molecular weight excluding hydrogens is 190 g/mol. The van der Waals surface area contributed by atoms with E-state index in [4.69, 9.17) is 20.6 Å². The van der Waals surface area contributed by atoms with Crippen LogP contribution >= 0.6 is 0 Å². The lowest BCUT2D eigenvalue weighted by Crippen LogP contribution is -2.17. The number of carbonyl (C=O) groups is 2. The average Bonchev–Trinajstić information content (AvgIpc) is 2.15. The molecule has 0 aliphatic carbocycles. The summed E-state index contributed by atoms with van der Waals surface area (Å²) in [6, 6.07) is 1.37. The Labute approximate surface area is 80.7 Å². The number of hydrogen-bond acceptors (Lipinski definition) is 4. The summed E-state index contributed by atoms with van der Waals surface area (Å²) < 4.78 is 0. The highest BCUT2D eigenvalue weighted by Crippen LogP contribution is 1.86. The molecule has 0 rings (SSSR count). The van der Waals surface area contributed by atoms with E-state index in [1.165, 1.54) is 6.07 Å². The second-order valence-electron chi connectivity index (χ2n) is 2.16. The normalized spacial score (nSPS) is 10.1. The van der Waals surface area contributed by atoms with Crippen molar-refractivity contribution in [3.05, 3.63) is 12.2 Å². The second kappa shape index (κ2) is 7.76. The fourth-order valence-electron chi connectivity index (χ4n) is 0.222. The van der Waals surface area contributed by atoms with Gasteiger partial charge in [0.1, 0.15) is 11.6 Å². The molecule has 6 nitrogen and oxygen atoms in total. The van der Waals surface area contributed by atoms with Gasteiger partial charge in [-0.25, -0.2) is 9.59 Å². The first kappa shape index (κ1) is 14.6. The van der Waals surface area contributed by atoms with E-state index in [9.17, 15) is 9.59 Å². The Morgan fingerprint density at radius 2 is 1.93 bits per heavy atom. The molecule has 1 atom stereocenters. The van der Waals surface area contributed by atoms with E-state index < -0.39 is 23.6 Å². The first-order chi connectivity index (χ1) is 6.36. The molecule has 0 spiro atoms. The largest absolute Gasteiger partial charge is 0.479 e. The third kappa shape index (κ3) is 8.23. The summed E-state index contributed by atoms with van der Waals surface area (Å²) >= 11 is 0.